The van der Waals surface area contributed by atoms with E-state index in [4.69, 9.17) is 5.11 Å². The van der Waals surface area contributed by atoms with Crippen molar-refractivity contribution in [1.82, 2.24) is 0 Å². The molecule has 0 bridgehead atoms. The molecule has 0 saturated heterocycles. The van der Waals surface area contributed by atoms with Gasteiger partial charge in [-0.05, 0) is 164 Å². The molecule has 12 aliphatic carbocycles. The van der Waals surface area contributed by atoms with Crippen LogP contribution >= 0.6 is 0 Å². The molecule has 0 aromatic carbocycles. The smallest absolute Gasteiger partial charge is 0.382 e. The van der Waals surface area contributed by atoms with Crippen LogP contribution in [0.2, 0.25) is 0 Å². The van der Waals surface area contributed by atoms with Gasteiger partial charge in [0, 0.05) is 41.9 Å². The van der Waals surface area contributed by atoms with E-state index >= 15 is 0 Å². The van der Waals surface area contributed by atoms with Crippen molar-refractivity contribution in [3.05, 3.63) is 11.6 Å². The predicted octanol–water partition coefficient (Wildman–Crippen LogP) is 7.01. The second kappa shape index (κ2) is 10.8. The molecule has 4 N–H and O–H groups in total. The first-order chi connectivity index (χ1) is 25.9. The third-order valence-corrected chi connectivity index (χ3v) is 21.3. The molecule has 55 heavy (non-hydrogen) atoms. The SMILES string of the molecule is CCC[C@]1(O)[C@H]2C[C@H]2C2C3C(CC[C@@]21C)[C@@]1(C)CCC(=O)C[C@@]1(O)[C@@H]1C[C@H]31.C[C@]12CCC(=O)C=C1[C@@H]1C[C@@H]1C1C2CC[C@@]2(C)C1[C@@H]1C[C@@H]1[C@@]2(O)C#CC(=O)O. The first kappa shape index (κ1) is 36.1. The summed E-state index contributed by atoms with van der Waals surface area (Å²) in [5.41, 5.74) is -1.12. The Hall–Kier alpha value is -2.01. The number of carboxylic acid groups (broad SMARTS) is 1. The van der Waals surface area contributed by atoms with Gasteiger partial charge in [0.25, 0.3) is 0 Å². The van der Waals surface area contributed by atoms with Crippen LogP contribution in [0.1, 0.15) is 131 Å². The molecule has 12 rings (SSSR count). The van der Waals surface area contributed by atoms with Crippen molar-refractivity contribution in [1.29, 1.82) is 0 Å². The Bertz CT molecular complexity index is 1890. The van der Waals surface area contributed by atoms with Gasteiger partial charge in [-0.15, -0.1) is 0 Å². The zero-order valence-electron chi connectivity index (χ0n) is 33.8. The fourth-order valence-electron chi connectivity index (χ4n) is 18.7. The number of Topliss-reactive ketones (excluding diaryl/α,β-unsaturated/α-hetero) is 1. The molecule has 0 radical (unpaired) electrons. The van der Waals surface area contributed by atoms with E-state index in [1.165, 1.54) is 18.4 Å². The number of aliphatic hydroxyl groups is 3. The molecular formula is C48H64O7. The van der Waals surface area contributed by atoms with Gasteiger partial charge >= 0.3 is 5.97 Å². The maximum absolute atomic E-state index is 12.2. The maximum atomic E-state index is 12.2. The lowest BCUT2D eigenvalue weighted by Gasteiger charge is -2.64. The van der Waals surface area contributed by atoms with Crippen LogP contribution in [-0.4, -0.2) is 54.8 Å². The Morgan fingerprint density at radius 3 is 2.15 bits per heavy atom. The van der Waals surface area contributed by atoms with Crippen LogP contribution in [0.3, 0.4) is 0 Å². The summed E-state index contributed by atoms with van der Waals surface area (Å²) >= 11 is 0. The van der Waals surface area contributed by atoms with E-state index in [-0.39, 0.29) is 33.4 Å². The third kappa shape index (κ3) is 4.19. The van der Waals surface area contributed by atoms with Crippen LogP contribution in [0.4, 0.5) is 0 Å². The summed E-state index contributed by atoms with van der Waals surface area (Å²) in [5.74, 6) is 12.1. The van der Waals surface area contributed by atoms with Crippen LogP contribution in [0.5, 0.6) is 0 Å². The van der Waals surface area contributed by atoms with Gasteiger partial charge in [-0.3, -0.25) is 9.59 Å². The number of aliphatic carboxylic acids is 1. The molecule has 11 saturated carbocycles. The number of fused-ring (bicyclic) bond motifs is 20. The molecule has 0 spiro atoms. The van der Waals surface area contributed by atoms with Gasteiger partial charge in [0.2, 0.25) is 0 Å². The molecule has 298 valence electrons. The lowest BCUT2D eigenvalue weighted by atomic mass is 9.42. The van der Waals surface area contributed by atoms with Crippen molar-refractivity contribution in [2.24, 2.45) is 105 Å². The molecule has 11 fully saturated rings. The largest absolute Gasteiger partial charge is 0.472 e. The van der Waals surface area contributed by atoms with Gasteiger partial charge in [0.05, 0.1) is 11.2 Å². The topological polar surface area (TPSA) is 132 Å². The Morgan fingerprint density at radius 1 is 0.745 bits per heavy atom. The van der Waals surface area contributed by atoms with Gasteiger partial charge in [-0.25, -0.2) is 4.79 Å². The Labute approximate surface area is 327 Å². The minimum absolute atomic E-state index is 0.0706. The lowest BCUT2D eigenvalue weighted by Crippen LogP contribution is -2.65. The molecule has 0 aliphatic heterocycles. The van der Waals surface area contributed by atoms with Crippen molar-refractivity contribution in [2.75, 3.05) is 0 Å². The van der Waals surface area contributed by atoms with E-state index < -0.39 is 22.8 Å². The fourth-order valence-corrected chi connectivity index (χ4v) is 18.7. The normalized spacial score (nSPS) is 61.3. The minimum Gasteiger partial charge on any atom is -0.472 e. The van der Waals surface area contributed by atoms with Gasteiger partial charge < -0.3 is 20.4 Å². The van der Waals surface area contributed by atoms with Crippen LogP contribution < -0.4 is 0 Å². The standard InChI is InChI=1S/C24H28O4.C24H36O3/c1-22-6-3-12(25)9-17(22)13-10-14(13)20-16(22)4-7-23(2)21(20)15-11-18(15)24(23,28)8-5-19(26)27;1-4-7-23(26)18-11-15(18)20-19-14-10-17(14)24(27)12-13(25)5-8-21(24,2)16(19)6-9-22(20,23)3/h9,13-16,18,20-21,28H,3-4,6-7,10-11H2,1-2H3,(H,26,27);14-20,26-27H,4-12H2,1-3H3/t13-,14+,15-,16?,18+,20?,21?,22-,23+,24+;14-,15+,16?,17+,18-,19?,20?,21+,22-,23-,24+/m10/s1. The number of hydrogen-bond donors (Lipinski definition) is 4. The van der Waals surface area contributed by atoms with Crippen LogP contribution in [0.25, 0.3) is 0 Å². The van der Waals surface area contributed by atoms with Crippen LogP contribution in [0.15, 0.2) is 11.6 Å². The van der Waals surface area contributed by atoms with Gasteiger partial charge in [-0.2, -0.15) is 0 Å². The highest BCUT2D eigenvalue weighted by atomic mass is 16.4. The van der Waals surface area contributed by atoms with Gasteiger partial charge in [-0.1, -0.05) is 52.5 Å². The second-order valence-electron chi connectivity index (χ2n) is 22.9. The van der Waals surface area contributed by atoms with Crippen LogP contribution in [-0.2, 0) is 14.4 Å². The first-order valence-corrected chi connectivity index (χ1v) is 22.6. The number of carboxylic acids is 1. The Balaban J connectivity index is 0.000000128. The van der Waals surface area contributed by atoms with E-state index in [9.17, 15) is 29.7 Å². The molecule has 0 amide bonds. The molecular weight excluding hydrogens is 689 g/mol. The van der Waals surface area contributed by atoms with E-state index in [2.05, 4.69) is 46.5 Å². The van der Waals surface area contributed by atoms with Crippen molar-refractivity contribution in [3.63, 3.8) is 0 Å². The highest BCUT2D eigenvalue weighted by Crippen LogP contribution is 2.83. The molecule has 7 heteroatoms. The monoisotopic (exact) mass is 752 g/mol. The number of hydrogen-bond acceptors (Lipinski definition) is 6. The molecule has 12 aliphatic rings. The van der Waals surface area contributed by atoms with E-state index in [1.807, 2.05) is 6.08 Å². The highest BCUT2D eigenvalue weighted by molar-refractivity contribution is 5.92. The van der Waals surface area contributed by atoms with E-state index in [0.717, 1.165) is 70.1 Å². The fraction of sp³-hybridized carbons (Fsp3) is 0.854. The molecule has 7 nitrogen and oxygen atoms in total. The quantitative estimate of drug-likeness (QED) is 0.223. The summed E-state index contributed by atoms with van der Waals surface area (Å²) in [5, 5.41) is 44.3. The summed E-state index contributed by atoms with van der Waals surface area (Å²) in [7, 11) is 0. The van der Waals surface area contributed by atoms with Crippen molar-refractivity contribution in [2.45, 2.75) is 148 Å². The summed E-state index contributed by atoms with van der Waals surface area (Å²) in [4.78, 5) is 35.4. The van der Waals surface area contributed by atoms with Crippen LogP contribution in [0, 0.1) is 116 Å². The molecule has 21 atom stereocenters. The Kier molecular flexibility index (Phi) is 7.07. The van der Waals surface area contributed by atoms with Crippen molar-refractivity contribution < 1.29 is 34.8 Å². The average molecular weight is 753 g/mol. The lowest BCUT2D eigenvalue weighted by molar-refractivity contribution is -0.223. The number of carbonyl (C=O) groups excluding carboxylic acids is 2. The first-order valence-electron chi connectivity index (χ1n) is 22.6. The molecule has 0 aromatic heterocycles. The van der Waals surface area contributed by atoms with E-state index in [0.29, 0.717) is 96.1 Å². The number of ketones is 2. The summed E-state index contributed by atoms with van der Waals surface area (Å²) < 4.78 is 0. The molecule has 0 aromatic rings. The number of allylic oxidation sites excluding steroid dienone is 1. The highest BCUT2D eigenvalue weighted by Gasteiger charge is 2.82. The predicted molar refractivity (Wildman–Crippen MR) is 205 cm³/mol. The van der Waals surface area contributed by atoms with E-state index in [1.54, 1.807) is 0 Å². The molecule has 0 heterocycles. The van der Waals surface area contributed by atoms with Gasteiger partial charge in [0.1, 0.15) is 11.4 Å². The zero-order valence-corrected chi connectivity index (χ0v) is 33.8. The maximum Gasteiger partial charge on any atom is 0.382 e. The average Bonchev–Trinajstić information content (AvgIpc) is 3.95. The molecule has 6 unspecified atom stereocenters. The third-order valence-electron chi connectivity index (χ3n) is 21.3. The van der Waals surface area contributed by atoms with Crippen molar-refractivity contribution in [3.8, 4) is 11.8 Å². The van der Waals surface area contributed by atoms with Gasteiger partial charge in [0.15, 0.2) is 5.78 Å². The Morgan fingerprint density at radius 2 is 1.40 bits per heavy atom. The summed E-state index contributed by atoms with van der Waals surface area (Å²) in [6.45, 7) is 11.5. The minimum atomic E-state index is -1.16. The number of rotatable bonds is 2. The summed E-state index contributed by atoms with van der Waals surface area (Å²) in [6, 6.07) is 0. The second-order valence-corrected chi connectivity index (χ2v) is 22.9. The zero-order chi connectivity index (χ0) is 38.6. The summed E-state index contributed by atoms with van der Waals surface area (Å²) in [6.07, 6.45) is 16.4. The van der Waals surface area contributed by atoms with Crippen molar-refractivity contribution >= 4 is 17.5 Å². The number of carbonyl (C=O) groups is 3.